The minimum atomic E-state index is 0.0946. The first-order valence-corrected chi connectivity index (χ1v) is 6.89. The average molecular weight is 302 g/mol. The van der Waals surface area contributed by atoms with Gasteiger partial charge in [0.25, 0.3) is 0 Å². The number of nitrogens with zero attached hydrogens (tertiary/aromatic N) is 3. The molecule has 6 heteroatoms. The molecule has 1 unspecified atom stereocenters. The van der Waals surface area contributed by atoms with Gasteiger partial charge in [-0.2, -0.15) is 0 Å². The zero-order valence-corrected chi connectivity index (χ0v) is 12.0. The number of nitrogens with one attached hydrogen (secondary N) is 1. The van der Waals surface area contributed by atoms with Crippen LogP contribution in [0.25, 0.3) is 0 Å². The Labute approximate surface area is 110 Å². The second-order valence-corrected chi connectivity index (χ2v) is 5.95. The second kappa shape index (κ2) is 5.04. The van der Waals surface area contributed by atoms with Crippen LogP contribution in [0.3, 0.4) is 0 Å². The highest BCUT2D eigenvalue weighted by Gasteiger charge is 2.38. The van der Waals surface area contributed by atoms with E-state index in [4.69, 9.17) is 5.84 Å². The fourth-order valence-corrected chi connectivity index (χ4v) is 3.46. The molecule has 1 aromatic rings. The fourth-order valence-electron chi connectivity index (χ4n) is 2.90. The van der Waals surface area contributed by atoms with Crippen molar-refractivity contribution in [3.05, 3.63) is 10.3 Å². The maximum absolute atomic E-state index is 5.78. The summed E-state index contributed by atoms with van der Waals surface area (Å²) in [5, 5.41) is 8.08. The largest absolute Gasteiger partial charge is 0.271 e. The van der Waals surface area contributed by atoms with Crippen molar-refractivity contribution >= 4 is 15.9 Å². The summed E-state index contributed by atoms with van der Waals surface area (Å²) in [6, 6.07) is 0.0946. The van der Waals surface area contributed by atoms with Crippen molar-refractivity contribution < 1.29 is 0 Å². The van der Waals surface area contributed by atoms with Gasteiger partial charge in [-0.25, -0.2) is 4.68 Å². The van der Waals surface area contributed by atoms with Crippen LogP contribution in [-0.2, 0) is 7.05 Å². The normalized spacial score (nSPS) is 21.4. The topological polar surface area (TPSA) is 68.8 Å². The Bertz CT molecular complexity index is 364. The maximum atomic E-state index is 5.78. The summed E-state index contributed by atoms with van der Waals surface area (Å²) < 4.78 is 2.59. The van der Waals surface area contributed by atoms with Crippen molar-refractivity contribution in [2.24, 2.45) is 18.3 Å². The highest BCUT2D eigenvalue weighted by atomic mass is 79.9. The lowest BCUT2D eigenvalue weighted by molar-refractivity contribution is 0.139. The van der Waals surface area contributed by atoms with Crippen LogP contribution in [-0.4, -0.2) is 15.0 Å². The Morgan fingerprint density at radius 2 is 2.06 bits per heavy atom. The molecule has 1 heterocycles. The van der Waals surface area contributed by atoms with Gasteiger partial charge in [-0.15, -0.1) is 5.10 Å². The van der Waals surface area contributed by atoms with Gasteiger partial charge in [-0.1, -0.05) is 31.4 Å². The minimum Gasteiger partial charge on any atom is -0.271 e. The van der Waals surface area contributed by atoms with E-state index < -0.39 is 0 Å². The standard InChI is InChI=1S/C11H20BrN5/c1-11(6-4-3-5-7-11)9(14-13)8-10(12)15-16-17(8)2/h9,14H,3-7,13H2,1-2H3. The maximum Gasteiger partial charge on any atom is 0.153 e. The van der Waals surface area contributed by atoms with Gasteiger partial charge in [0, 0.05) is 7.05 Å². The number of aryl methyl sites for hydroxylation is 1. The average Bonchev–Trinajstić information content (AvgIpc) is 2.63. The van der Waals surface area contributed by atoms with Gasteiger partial charge in [0.1, 0.15) is 0 Å². The first-order valence-electron chi connectivity index (χ1n) is 6.10. The van der Waals surface area contributed by atoms with E-state index in [-0.39, 0.29) is 11.5 Å². The highest BCUT2D eigenvalue weighted by molar-refractivity contribution is 9.10. The van der Waals surface area contributed by atoms with E-state index in [9.17, 15) is 0 Å². The number of halogens is 1. The summed E-state index contributed by atoms with van der Waals surface area (Å²) >= 11 is 3.46. The summed E-state index contributed by atoms with van der Waals surface area (Å²) in [7, 11) is 1.91. The number of rotatable bonds is 3. The molecule has 1 fully saturated rings. The molecule has 0 spiro atoms. The molecule has 2 rings (SSSR count). The van der Waals surface area contributed by atoms with E-state index in [0.717, 1.165) is 10.3 Å². The predicted molar refractivity (Wildman–Crippen MR) is 70.0 cm³/mol. The molecule has 0 aromatic carbocycles. The molecule has 0 amide bonds. The van der Waals surface area contributed by atoms with Crippen LogP contribution in [0.2, 0.25) is 0 Å². The number of hydrogen-bond acceptors (Lipinski definition) is 4. The molecule has 1 saturated carbocycles. The third-order valence-corrected chi connectivity index (χ3v) is 4.52. The van der Waals surface area contributed by atoms with Crippen molar-refractivity contribution in [3.63, 3.8) is 0 Å². The van der Waals surface area contributed by atoms with E-state index >= 15 is 0 Å². The van der Waals surface area contributed by atoms with Crippen molar-refractivity contribution in [1.29, 1.82) is 0 Å². The first-order chi connectivity index (χ1) is 8.08. The third kappa shape index (κ3) is 2.39. The van der Waals surface area contributed by atoms with Crippen molar-refractivity contribution in [2.75, 3.05) is 0 Å². The lowest BCUT2D eigenvalue weighted by atomic mass is 9.70. The molecule has 96 valence electrons. The van der Waals surface area contributed by atoms with Gasteiger partial charge >= 0.3 is 0 Å². The van der Waals surface area contributed by atoms with Crippen LogP contribution in [0.4, 0.5) is 0 Å². The van der Waals surface area contributed by atoms with Gasteiger partial charge < -0.3 is 0 Å². The van der Waals surface area contributed by atoms with Crippen molar-refractivity contribution in [3.8, 4) is 0 Å². The fraction of sp³-hybridized carbons (Fsp3) is 0.818. The van der Waals surface area contributed by atoms with E-state index in [1.165, 1.54) is 32.1 Å². The summed E-state index contributed by atoms with van der Waals surface area (Å²) in [5.41, 5.74) is 4.19. The van der Waals surface area contributed by atoms with E-state index in [2.05, 4.69) is 38.6 Å². The summed E-state index contributed by atoms with van der Waals surface area (Å²) in [6.07, 6.45) is 6.27. The van der Waals surface area contributed by atoms with Crippen LogP contribution in [0.5, 0.6) is 0 Å². The Hall–Kier alpha value is -0.460. The van der Waals surface area contributed by atoms with Gasteiger partial charge in [0.2, 0.25) is 0 Å². The van der Waals surface area contributed by atoms with E-state index in [1.54, 1.807) is 4.68 Å². The lowest BCUT2D eigenvalue weighted by Crippen LogP contribution is -2.42. The van der Waals surface area contributed by atoms with Gasteiger partial charge in [0.15, 0.2) is 4.60 Å². The molecular weight excluding hydrogens is 282 g/mol. The minimum absolute atomic E-state index is 0.0946. The quantitative estimate of drug-likeness (QED) is 0.662. The molecule has 0 saturated heterocycles. The van der Waals surface area contributed by atoms with E-state index in [1.807, 2.05) is 7.05 Å². The third-order valence-electron chi connectivity index (χ3n) is 3.96. The number of hydrogen-bond donors (Lipinski definition) is 2. The lowest BCUT2D eigenvalue weighted by Gasteiger charge is -2.40. The number of aromatic nitrogens is 3. The van der Waals surface area contributed by atoms with Crippen LogP contribution in [0, 0.1) is 5.41 Å². The number of hydrazine groups is 1. The van der Waals surface area contributed by atoms with Crippen molar-refractivity contribution in [1.82, 2.24) is 20.4 Å². The zero-order valence-electron chi connectivity index (χ0n) is 10.4. The molecule has 1 atom stereocenters. The molecule has 0 aliphatic heterocycles. The monoisotopic (exact) mass is 301 g/mol. The summed E-state index contributed by atoms with van der Waals surface area (Å²) in [6.45, 7) is 2.30. The Morgan fingerprint density at radius 3 is 2.53 bits per heavy atom. The molecule has 1 aliphatic carbocycles. The Balaban J connectivity index is 2.32. The Kier molecular flexibility index (Phi) is 3.85. The van der Waals surface area contributed by atoms with Crippen LogP contribution in [0.1, 0.15) is 50.8 Å². The zero-order chi connectivity index (χ0) is 12.5. The van der Waals surface area contributed by atoms with Gasteiger partial charge in [-0.05, 0) is 34.2 Å². The summed E-state index contributed by atoms with van der Waals surface area (Å²) in [4.78, 5) is 0. The molecular formula is C11H20BrN5. The van der Waals surface area contributed by atoms with E-state index in [0.29, 0.717) is 0 Å². The molecule has 1 aromatic heterocycles. The van der Waals surface area contributed by atoms with Crippen LogP contribution >= 0.6 is 15.9 Å². The summed E-state index contributed by atoms with van der Waals surface area (Å²) in [5.74, 6) is 5.78. The van der Waals surface area contributed by atoms with Crippen LogP contribution in [0.15, 0.2) is 4.60 Å². The van der Waals surface area contributed by atoms with Gasteiger partial charge in [-0.3, -0.25) is 11.3 Å². The molecule has 3 N–H and O–H groups in total. The molecule has 0 bridgehead atoms. The SMILES string of the molecule is Cn1nnc(Br)c1C(NN)C1(C)CCCCC1. The first kappa shape index (κ1) is 13.0. The predicted octanol–water partition coefficient (Wildman–Crippen LogP) is 2.05. The Morgan fingerprint density at radius 1 is 1.41 bits per heavy atom. The molecule has 0 radical (unpaired) electrons. The van der Waals surface area contributed by atoms with Gasteiger partial charge in [0.05, 0.1) is 11.7 Å². The smallest absolute Gasteiger partial charge is 0.153 e. The van der Waals surface area contributed by atoms with Crippen molar-refractivity contribution in [2.45, 2.75) is 45.1 Å². The number of nitrogens with two attached hydrogens (primary N) is 1. The highest BCUT2D eigenvalue weighted by Crippen LogP contribution is 2.46. The molecule has 5 nitrogen and oxygen atoms in total. The second-order valence-electron chi connectivity index (χ2n) is 5.20. The molecule has 17 heavy (non-hydrogen) atoms. The van der Waals surface area contributed by atoms with Crippen LogP contribution < -0.4 is 11.3 Å². The molecule has 1 aliphatic rings.